The highest BCUT2D eigenvalue weighted by atomic mass is 16.5. The molecule has 15 heavy (non-hydrogen) atoms. The first kappa shape index (κ1) is 11.6. The van der Waals surface area contributed by atoms with E-state index in [1.54, 1.807) is 0 Å². The zero-order valence-electron chi connectivity index (χ0n) is 8.47. The minimum absolute atomic E-state index is 0.126. The quantitative estimate of drug-likeness (QED) is 0.546. The molecule has 5 heteroatoms. The number of rotatable bonds is 4. The third-order valence-corrected chi connectivity index (χ3v) is 2.12. The van der Waals surface area contributed by atoms with Crippen molar-refractivity contribution in [3.63, 3.8) is 0 Å². The second-order valence-corrected chi connectivity index (χ2v) is 3.18. The summed E-state index contributed by atoms with van der Waals surface area (Å²) < 4.78 is 4.84. The van der Waals surface area contributed by atoms with Gasteiger partial charge >= 0.3 is 0 Å². The Balaban J connectivity index is 3.05. The number of aliphatic hydroxyl groups excluding tert-OH is 1. The van der Waals surface area contributed by atoms with Crippen molar-refractivity contribution in [1.82, 2.24) is 0 Å². The van der Waals surface area contributed by atoms with Gasteiger partial charge in [0.1, 0.15) is 0 Å². The summed E-state index contributed by atoms with van der Waals surface area (Å²) >= 11 is 0. The van der Waals surface area contributed by atoms with Crippen LogP contribution in [0.2, 0.25) is 0 Å². The fourth-order valence-electron chi connectivity index (χ4n) is 1.29. The molecule has 84 valence electrons. The van der Waals surface area contributed by atoms with Crippen LogP contribution in [0.15, 0.2) is 12.1 Å². The number of phenols is 2. The fourth-order valence-corrected chi connectivity index (χ4v) is 1.29. The Hall–Kier alpha value is -1.46. The van der Waals surface area contributed by atoms with Gasteiger partial charge in [0, 0.05) is 0 Å². The summed E-state index contributed by atoms with van der Waals surface area (Å²) in [5.74, 6) is -0.525. The summed E-state index contributed by atoms with van der Waals surface area (Å²) in [5.41, 5.74) is 5.77. The normalized spacial score (nSPS) is 12.5. The van der Waals surface area contributed by atoms with Gasteiger partial charge in [-0.1, -0.05) is 0 Å². The van der Waals surface area contributed by atoms with Crippen molar-refractivity contribution in [2.45, 2.75) is 12.5 Å². The molecule has 0 aliphatic carbocycles. The Morgan fingerprint density at radius 3 is 2.60 bits per heavy atom. The third-order valence-electron chi connectivity index (χ3n) is 2.12. The Morgan fingerprint density at radius 1 is 1.40 bits per heavy atom. The Morgan fingerprint density at radius 2 is 2.07 bits per heavy atom. The molecule has 0 saturated carbocycles. The van der Waals surface area contributed by atoms with Gasteiger partial charge in [0.15, 0.2) is 11.5 Å². The van der Waals surface area contributed by atoms with Crippen molar-refractivity contribution >= 4 is 0 Å². The van der Waals surface area contributed by atoms with Gasteiger partial charge in [-0.3, -0.25) is 0 Å². The Labute approximate surface area is 87.7 Å². The van der Waals surface area contributed by atoms with E-state index < -0.39 is 6.10 Å². The first-order valence-corrected chi connectivity index (χ1v) is 4.58. The molecule has 0 spiro atoms. The molecule has 0 aliphatic rings. The van der Waals surface area contributed by atoms with Crippen LogP contribution in [0.5, 0.6) is 17.2 Å². The summed E-state index contributed by atoms with van der Waals surface area (Å²) in [5, 5.41) is 28.3. The van der Waals surface area contributed by atoms with E-state index in [-0.39, 0.29) is 17.2 Å². The Kier molecular flexibility index (Phi) is 3.76. The highest BCUT2D eigenvalue weighted by Gasteiger charge is 2.14. The van der Waals surface area contributed by atoms with Gasteiger partial charge in [-0.2, -0.15) is 0 Å². The van der Waals surface area contributed by atoms with Gasteiger partial charge in [0.05, 0.1) is 13.2 Å². The lowest BCUT2D eigenvalue weighted by Crippen LogP contribution is -2.06. The van der Waals surface area contributed by atoms with Crippen LogP contribution in [-0.4, -0.2) is 29.0 Å². The van der Waals surface area contributed by atoms with E-state index in [4.69, 9.17) is 10.5 Å². The Bertz CT molecular complexity index is 340. The first-order chi connectivity index (χ1) is 7.10. The van der Waals surface area contributed by atoms with E-state index >= 15 is 0 Å². The van der Waals surface area contributed by atoms with Crippen molar-refractivity contribution in [3.05, 3.63) is 17.7 Å². The second kappa shape index (κ2) is 4.86. The monoisotopic (exact) mass is 213 g/mol. The predicted octanol–water partition coefficient (Wildman–Crippen LogP) is 0.489. The lowest BCUT2D eigenvalue weighted by atomic mass is 10.1. The summed E-state index contributed by atoms with van der Waals surface area (Å²) in [6.07, 6.45) is -0.386. The highest BCUT2D eigenvalue weighted by molar-refractivity contribution is 5.52. The number of ether oxygens (including phenoxy) is 1. The van der Waals surface area contributed by atoms with Gasteiger partial charge in [-0.15, -0.1) is 0 Å². The van der Waals surface area contributed by atoms with Crippen molar-refractivity contribution in [2.24, 2.45) is 5.73 Å². The molecule has 0 heterocycles. The summed E-state index contributed by atoms with van der Waals surface area (Å²) in [6.45, 7) is 0.338. The van der Waals surface area contributed by atoms with E-state index in [0.29, 0.717) is 18.5 Å². The van der Waals surface area contributed by atoms with Gasteiger partial charge in [-0.05, 0) is 30.7 Å². The number of benzene rings is 1. The zero-order valence-corrected chi connectivity index (χ0v) is 8.47. The number of nitrogens with two attached hydrogens (primary N) is 1. The van der Waals surface area contributed by atoms with Crippen LogP contribution in [0.4, 0.5) is 0 Å². The average Bonchev–Trinajstić information content (AvgIpc) is 2.22. The lowest BCUT2D eigenvalue weighted by Gasteiger charge is -2.13. The zero-order chi connectivity index (χ0) is 11.4. The molecule has 1 aromatic carbocycles. The molecule has 5 nitrogen and oxygen atoms in total. The fraction of sp³-hybridized carbons (Fsp3) is 0.400. The average molecular weight is 213 g/mol. The van der Waals surface area contributed by atoms with Gasteiger partial charge in [0.25, 0.3) is 0 Å². The molecule has 0 unspecified atom stereocenters. The van der Waals surface area contributed by atoms with E-state index in [0.717, 1.165) is 0 Å². The van der Waals surface area contributed by atoms with Crippen LogP contribution in [0.3, 0.4) is 0 Å². The van der Waals surface area contributed by atoms with Crippen molar-refractivity contribution < 1.29 is 20.1 Å². The smallest absolute Gasteiger partial charge is 0.200 e. The third kappa shape index (κ3) is 2.51. The second-order valence-electron chi connectivity index (χ2n) is 3.18. The minimum Gasteiger partial charge on any atom is -0.504 e. The van der Waals surface area contributed by atoms with E-state index in [1.807, 2.05) is 0 Å². The van der Waals surface area contributed by atoms with Crippen molar-refractivity contribution in [3.8, 4) is 17.2 Å². The van der Waals surface area contributed by atoms with Crippen LogP contribution in [0, 0.1) is 0 Å². The maximum atomic E-state index is 9.63. The van der Waals surface area contributed by atoms with Crippen LogP contribution in [0.25, 0.3) is 0 Å². The van der Waals surface area contributed by atoms with Gasteiger partial charge < -0.3 is 25.8 Å². The van der Waals surface area contributed by atoms with Crippen LogP contribution in [-0.2, 0) is 0 Å². The molecule has 0 amide bonds. The van der Waals surface area contributed by atoms with Crippen LogP contribution < -0.4 is 10.5 Å². The van der Waals surface area contributed by atoms with Crippen LogP contribution in [0.1, 0.15) is 18.1 Å². The van der Waals surface area contributed by atoms with Crippen molar-refractivity contribution in [1.29, 1.82) is 0 Å². The van der Waals surface area contributed by atoms with Gasteiger partial charge in [-0.25, -0.2) is 0 Å². The lowest BCUT2D eigenvalue weighted by molar-refractivity contribution is 0.169. The number of methoxy groups -OCH3 is 1. The van der Waals surface area contributed by atoms with E-state index in [1.165, 1.54) is 19.2 Å². The molecule has 0 aliphatic heterocycles. The largest absolute Gasteiger partial charge is 0.504 e. The molecule has 0 radical (unpaired) electrons. The first-order valence-electron chi connectivity index (χ1n) is 4.58. The summed E-state index contributed by atoms with van der Waals surface area (Å²) in [7, 11) is 1.37. The molecule has 0 bridgehead atoms. The number of hydrogen-bond donors (Lipinski definition) is 4. The molecule has 5 N–H and O–H groups in total. The molecular weight excluding hydrogens is 198 g/mol. The van der Waals surface area contributed by atoms with E-state index in [2.05, 4.69) is 0 Å². The molecular formula is C10H15NO4. The molecule has 1 rings (SSSR count). The predicted molar refractivity (Wildman–Crippen MR) is 55.0 cm³/mol. The molecule has 1 atom stereocenters. The summed E-state index contributed by atoms with van der Waals surface area (Å²) in [6, 6.07) is 2.76. The number of phenolic OH excluding ortho intramolecular Hbond substituents is 2. The molecule has 0 fully saturated rings. The number of hydrogen-bond acceptors (Lipinski definition) is 5. The maximum Gasteiger partial charge on any atom is 0.200 e. The SMILES string of the molecule is COc1cc([C@@H](O)CCN)cc(O)c1O. The molecule has 1 aromatic rings. The van der Waals surface area contributed by atoms with Crippen molar-refractivity contribution in [2.75, 3.05) is 13.7 Å². The topological polar surface area (TPSA) is 95.9 Å². The molecule has 0 aromatic heterocycles. The molecule has 0 saturated heterocycles. The number of aromatic hydroxyl groups is 2. The highest BCUT2D eigenvalue weighted by Crippen LogP contribution is 2.38. The maximum absolute atomic E-state index is 9.63. The number of aliphatic hydroxyl groups is 1. The minimum atomic E-state index is -0.768. The van der Waals surface area contributed by atoms with Crippen LogP contribution >= 0.6 is 0 Å². The standard InChI is InChI=1S/C10H15NO4/c1-15-9-5-6(7(12)2-3-11)4-8(13)10(9)14/h4-5,7,12-14H,2-3,11H2,1H3/t7-/m0/s1. The van der Waals surface area contributed by atoms with E-state index in [9.17, 15) is 15.3 Å². The van der Waals surface area contributed by atoms with Gasteiger partial charge in [0.2, 0.25) is 5.75 Å². The summed E-state index contributed by atoms with van der Waals surface area (Å²) in [4.78, 5) is 0.